The van der Waals surface area contributed by atoms with Crippen LogP contribution in [0.4, 0.5) is 5.82 Å². The second-order valence-corrected chi connectivity index (χ2v) is 4.70. The number of hydrogen-bond acceptors (Lipinski definition) is 5. The molecule has 102 valence electrons. The van der Waals surface area contributed by atoms with Crippen LogP contribution in [0.3, 0.4) is 0 Å². The second-order valence-electron chi connectivity index (χ2n) is 4.36. The quantitative estimate of drug-likeness (QED) is 0.873. The number of ether oxygens (including phenoxy) is 2. The topological polar surface area (TPSA) is 56.3 Å². The molecule has 0 unspecified atom stereocenters. The number of fused-ring (bicyclic) bond motifs is 1. The van der Waals surface area contributed by atoms with Gasteiger partial charge in [-0.2, -0.15) is 0 Å². The van der Waals surface area contributed by atoms with E-state index in [1.807, 2.05) is 13.8 Å². The summed E-state index contributed by atoms with van der Waals surface area (Å²) in [7, 11) is 3.19. The van der Waals surface area contributed by atoms with Crippen LogP contribution < -0.4 is 14.8 Å². The lowest BCUT2D eigenvalue weighted by Crippen LogP contribution is -2.12. The molecule has 0 fully saturated rings. The maximum Gasteiger partial charge on any atom is 0.224 e. The number of nitrogens with one attached hydrogen (secondary N) is 1. The molecule has 1 aromatic carbocycles. The summed E-state index contributed by atoms with van der Waals surface area (Å²) in [6, 6.07) is 3.82. The van der Waals surface area contributed by atoms with E-state index in [1.54, 1.807) is 26.4 Å². The van der Waals surface area contributed by atoms with E-state index in [1.165, 1.54) is 0 Å². The average Bonchev–Trinajstić information content (AvgIpc) is 2.35. The van der Waals surface area contributed by atoms with Crippen molar-refractivity contribution in [3.8, 4) is 11.5 Å². The third-order valence-corrected chi connectivity index (χ3v) is 2.76. The highest BCUT2D eigenvalue weighted by Crippen LogP contribution is 2.35. The van der Waals surface area contributed by atoms with Gasteiger partial charge in [-0.1, -0.05) is 0 Å². The Morgan fingerprint density at radius 1 is 1.16 bits per heavy atom. The first-order chi connectivity index (χ1) is 9.05. The van der Waals surface area contributed by atoms with Crippen LogP contribution in [0.15, 0.2) is 12.1 Å². The van der Waals surface area contributed by atoms with Crippen LogP contribution in [-0.2, 0) is 0 Å². The van der Waals surface area contributed by atoms with E-state index in [0.29, 0.717) is 22.8 Å². The van der Waals surface area contributed by atoms with Gasteiger partial charge in [0.15, 0.2) is 0 Å². The van der Waals surface area contributed by atoms with Gasteiger partial charge in [0.05, 0.1) is 25.1 Å². The lowest BCUT2D eigenvalue weighted by molar-refractivity contribution is 0.398. The summed E-state index contributed by atoms with van der Waals surface area (Å²) in [6.45, 7) is 4.05. The van der Waals surface area contributed by atoms with Gasteiger partial charge in [0.2, 0.25) is 5.28 Å². The highest BCUT2D eigenvalue weighted by atomic mass is 35.5. The first kappa shape index (κ1) is 13.7. The second kappa shape index (κ2) is 5.48. The van der Waals surface area contributed by atoms with Gasteiger partial charge in [0.1, 0.15) is 17.3 Å². The third-order valence-electron chi connectivity index (χ3n) is 2.59. The summed E-state index contributed by atoms with van der Waals surface area (Å²) >= 11 is 5.95. The SMILES string of the molecule is COc1cc(OC)c2c(NC(C)C)nc(Cl)nc2c1. The highest BCUT2D eigenvalue weighted by molar-refractivity contribution is 6.29. The third kappa shape index (κ3) is 2.81. The molecule has 1 heterocycles. The minimum atomic E-state index is 0.186. The molecule has 0 atom stereocenters. The van der Waals surface area contributed by atoms with Crippen molar-refractivity contribution in [2.45, 2.75) is 19.9 Å². The van der Waals surface area contributed by atoms with E-state index < -0.39 is 0 Å². The molecule has 6 heteroatoms. The molecule has 1 aromatic heterocycles. The van der Waals surface area contributed by atoms with E-state index in [-0.39, 0.29) is 11.3 Å². The van der Waals surface area contributed by atoms with Crippen molar-refractivity contribution in [3.63, 3.8) is 0 Å². The predicted molar refractivity (Wildman–Crippen MR) is 76.4 cm³/mol. The first-order valence-corrected chi connectivity index (χ1v) is 6.28. The molecule has 0 radical (unpaired) electrons. The Balaban J connectivity index is 2.73. The van der Waals surface area contributed by atoms with Crippen LogP contribution >= 0.6 is 11.6 Å². The van der Waals surface area contributed by atoms with Crippen molar-refractivity contribution in [2.24, 2.45) is 0 Å². The van der Waals surface area contributed by atoms with E-state index in [9.17, 15) is 0 Å². The van der Waals surface area contributed by atoms with Crippen LogP contribution in [-0.4, -0.2) is 30.2 Å². The van der Waals surface area contributed by atoms with Gasteiger partial charge < -0.3 is 14.8 Å². The number of halogens is 1. The smallest absolute Gasteiger partial charge is 0.224 e. The minimum absolute atomic E-state index is 0.186. The largest absolute Gasteiger partial charge is 0.497 e. The number of aromatic nitrogens is 2. The van der Waals surface area contributed by atoms with E-state index in [0.717, 1.165) is 5.39 Å². The molecule has 0 aliphatic carbocycles. The summed E-state index contributed by atoms with van der Waals surface area (Å²) in [5.41, 5.74) is 0.680. The summed E-state index contributed by atoms with van der Waals surface area (Å²) < 4.78 is 10.6. The zero-order valence-corrected chi connectivity index (χ0v) is 12.1. The van der Waals surface area contributed by atoms with Crippen molar-refractivity contribution in [1.29, 1.82) is 0 Å². The fourth-order valence-corrected chi connectivity index (χ4v) is 2.01. The molecular formula is C13H16ClN3O2. The molecule has 0 spiro atoms. The van der Waals surface area contributed by atoms with Crippen LogP contribution in [0.5, 0.6) is 11.5 Å². The van der Waals surface area contributed by atoms with Crippen molar-refractivity contribution in [3.05, 3.63) is 17.4 Å². The molecule has 0 amide bonds. The number of benzene rings is 1. The van der Waals surface area contributed by atoms with E-state index >= 15 is 0 Å². The monoisotopic (exact) mass is 281 g/mol. The van der Waals surface area contributed by atoms with Gasteiger partial charge >= 0.3 is 0 Å². The fraction of sp³-hybridized carbons (Fsp3) is 0.385. The molecule has 0 saturated carbocycles. The Bertz CT molecular complexity index is 602. The molecule has 19 heavy (non-hydrogen) atoms. The standard InChI is InChI=1S/C13H16ClN3O2/c1-7(2)15-12-11-9(16-13(14)17-12)5-8(18-3)6-10(11)19-4/h5-7H,1-4H3,(H,15,16,17). The van der Waals surface area contributed by atoms with Crippen molar-refractivity contribution < 1.29 is 9.47 Å². The number of anilines is 1. The molecule has 0 aliphatic heterocycles. The molecule has 0 saturated heterocycles. The van der Waals surface area contributed by atoms with Crippen LogP contribution in [0.1, 0.15) is 13.8 Å². The van der Waals surface area contributed by atoms with Crippen molar-refractivity contribution in [2.75, 3.05) is 19.5 Å². The number of nitrogens with zero attached hydrogens (tertiary/aromatic N) is 2. The molecule has 0 aliphatic rings. The zero-order chi connectivity index (χ0) is 14.0. The Morgan fingerprint density at radius 2 is 1.89 bits per heavy atom. The first-order valence-electron chi connectivity index (χ1n) is 5.91. The van der Waals surface area contributed by atoms with Crippen LogP contribution in [0.25, 0.3) is 10.9 Å². The maximum absolute atomic E-state index is 5.95. The highest BCUT2D eigenvalue weighted by Gasteiger charge is 2.14. The lowest BCUT2D eigenvalue weighted by Gasteiger charge is -2.15. The zero-order valence-electron chi connectivity index (χ0n) is 11.3. The molecule has 1 N–H and O–H groups in total. The van der Waals surface area contributed by atoms with Crippen molar-refractivity contribution >= 4 is 28.3 Å². The van der Waals surface area contributed by atoms with Crippen LogP contribution in [0.2, 0.25) is 5.28 Å². The summed E-state index contributed by atoms with van der Waals surface area (Å²) in [4.78, 5) is 8.44. The lowest BCUT2D eigenvalue weighted by atomic mass is 10.2. The maximum atomic E-state index is 5.95. The molecule has 2 rings (SSSR count). The Kier molecular flexibility index (Phi) is 3.95. The van der Waals surface area contributed by atoms with E-state index in [4.69, 9.17) is 21.1 Å². The van der Waals surface area contributed by atoms with Gasteiger partial charge in [0.25, 0.3) is 0 Å². The minimum Gasteiger partial charge on any atom is -0.497 e. The van der Waals surface area contributed by atoms with Gasteiger partial charge in [0, 0.05) is 18.2 Å². The fourth-order valence-electron chi connectivity index (χ4n) is 1.83. The molecule has 0 bridgehead atoms. The van der Waals surface area contributed by atoms with Crippen LogP contribution in [0, 0.1) is 0 Å². The Hall–Kier alpha value is -1.75. The van der Waals surface area contributed by atoms with Gasteiger partial charge in [-0.25, -0.2) is 9.97 Å². The van der Waals surface area contributed by atoms with E-state index in [2.05, 4.69) is 15.3 Å². The summed E-state index contributed by atoms with van der Waals surface area (Å²) in [5, 5.41) is 4.22. The van der Waals surface area contributed by atoms with Gasteiger partial charge in [-0.05, 0) is 25.4 Å². The Morgan fingerprint density at radius 3 is 2.47 bits per heavy atom. The summed E-state index contributed by atoms with van der Waals surface area (Å²) in [6.07, 6.45) is 0. The number of methoxy groups -OCH3 is 2. The molecule has 5 nitrogen and oxygen atoms in total. The molecule has 2 aromatic rings. The van der Waals surface area contributed by atoms with Crippen molar-refractivity contribution in [1.82, 2.24) is 9.97 Å². The van der Waals surface area contributed by atoms with Gasteiger partial charge in [-0.3, -0.25) is 0 Å². The Labute approximate surface area is 116 Å². The number of rotatable bonds is 4. The molecular weight excluding hydrogens is 266 g/mol. The average molecular weight is 282 g/mol. The normalized spacial score (nSPS) is 10.8. The van der Waals surface area contributed by atoms with Gasteiger partial charge in [-0.15, -0.1) is 0 Å². The number of hydrogen-bond donors (Lipinski definition) is 1. The predicted octanol–water partition coefficient (Wildman–Crippen LogP) is 3.12. The summed E-state index contributed by atoms with van der Waals surface area (Å²) in [5.74, 6) is 1.97.